The van der Waals surface area contributed by atoms with Crippen molar-refractivity contribution in [2.24, 2.45) is 0 Å². The molecule has 1 saturated heterocycles. The van der Waals surface area contributed by atoms with Crippen LogP contribution in [0.5, 0.6) is 0 Å². The highest BCUT2D eigenvalue weighted by Crippen LogP contribution is 2.24. The minimum atomic E-state index is -0.176. The van der Waals surface area contributed by atoms with Gasteiger partial charge in [-0.25, -0.2) is 0 Å². The lowest BCUT2D eigenvalue weighted by Gasteiger charge is -2.39. The predicted octanol–water partition coefficient (Wildman–Crippen LogP) is 0.539. The molecule has 0 aromatic heterocycles. The summed E-state index contributed by atoms with van der Waals surface area (Å²) in [6.07, 6.45) is 5.79. The minimum absolute atomic E-state index is 0.0104. The second-order valence-electron chi connectivity index (χ2n) is 4.45. The number of ether oxygens (including phenoxy) is 1. The number of carbonyl (C=O) groups is 1. The molecule has 1 N–H and O–H groups in total. The molecule has 2 aliphatic rings. The first-order valence-electron chi connectivity index (χ1n) is 5.83. The van der Waals surface area contributed by atoms with Gasteiger partial charge in [-0.15, -0.1) is 0 Å². The molecule has 86 valence electrons. The molecule has 4 nitrogen and oxygen atoms in total. The Morgan fingerprint density at radius 2 is 2.07 bits per heavy atom. The van der Waals surface area contributed by atoms with E-state index in [9.17, 15) is 4.79 Å². The van der Waals surface area contributed by atoms with Crippen LogP contribution in [0.3, 0.4) is 0 Å². The molecule has 1 unspecified atom stereocenters. The standard InChI is InChI=1S/C11H19NO3/c13-7-10-6-12(11(14)8-15-10)9-4-2-1-3-5-9/h9-10,13H,1-8H2. The van der Waals surface area contributed by atoms with Gasteiger partial charge in [-0.3, -0.25) is 4.79 Å². The van der Waals surface area contributed by atoms with Crippen molar-refractivity contribution in [1.82, 2.24) is 4.90 Å². The van der Waals surface area contributed by atoms with E-state index in [1.807, 2.05) is 4.90 Å². The Morgan fingerprint density at radius 1 is 1.33 bits per heavy atom. The Hall–Kier alpha value is -0.610. The Balaban J connectivity index is 1.95. The van der Waals surface area contributed by atoms with Crippen molar-refractivity contribution >= 4 is 5.91 Å². The lowest BCUT2D eigenvalue weighted by atomic mass is 9.93. The van der Waals surface area contributed by atoms with E-state index in [2.05, 4.69) is 0 Å². The van der Waals surface area contributed by atoms with Crippen LogP contribution in [-0.2, 0) is 9.53 Å². The number of aliphatic hydroxyl groups is 1. The van der Waals surface area contributed by atoms with Crippen molar-refractivity contribution in [2.45, 2.75) is 44.2 Å². The summed E-state index contributed by atoms with van der Waals surface area (Å²) in [7, 11) is 0. The first-order chi connectivity index (χ1) is 7.31. The summed E-state index contributed by atoms with van der Waals surface area (Å²) >= 11 is 0. The molecule has 1 atom stereocenters. The van der Waals surface area contributed by atoms with Crippen molar-refractivity contribution < 1.29 is 14.6 Å². The van der Waals surface area contributed by atoms with Crippen LogP contribution in [0, 0.1) is 0 Å². The third-order valence-electron chi connectivity index (χ3n) is 3.38. The number of hydrogen-bond acceptors (Lipinski definition) is 3. The molecule has 0 aromatic carbocycles. The maximum absolute atomic E-state index is 11.7. The maximum Gasteiger partial charge on any atom is 0.248 e. The number of aliphatic hydroxyl groups excluding tert-OH is 1. The molecule has 1 aliphatic carbocycles. The van der Waals surface area contributed by atoms with Crippen molar-refractivity contribution in [2.75, 3.05) is 19.8 Å². The Kier molecular flexibility index (Phi) is 3.59. The fraction of sp³-hybridized carbons (Fsp3) is 0.909. The van der Waals surface area contributed by atoms with Crippen molar-refractivity contribution in [3.8, 4) is 0 Å². The summed E-state index contributed by atoms with van der Waals surface area (Å²) in [6.45, 7) is 0.720. The summed E-state index contributed by atoms with van der Waals surface area (Å²) in [4.78, 5) is 13.6. The van der Waals surface area contributed by atoms with Crippen LogP contribution in [0.4, 0.5) is 0 Å². The van der Waals surface area contributed by atoms with Gasteiger partial charge in [0.05, 0.1) is 12.7 Å². The van der Waals surface area contributed by atoms with E-state index in [1.54, 1.807) is 0 Å². The molecule has 1 saturated carbocycles. The number of rotatable bonds is 2. The van der Waals surface area contributed by atoms with E-state index >= 15 is 0 Å². The Bertz CT molecular complexity index is 226. The zero-order chi connectivity index (χ0) is 10.7. The van der Waals surface area contributed by atoms with Gasteiger partial charge in [0.2, 0.25) is 5.91 Å². The summed E-state index contributed by atoms with van der Waals surface area (Å²) in [5.41, 5.74) is 0. The van der Waals surface area contributed by atoms with Crippen LogP contribution in [0.1, 0.15) is 32.1 Å². The largest absolute Gasteiger partial charge is 0.394 e. The van der Waals surface area contributed by atoms with Gasteiger partial charge in [-0.1, -0.05) is 19.3 Å². The fourth-order valence-corrected chi connectivity index (χ4v) is 2.50. The fourth-order valence-electron chi connectivity index (χ4n) is 2.50. The van der Waals surface area contributed by atoms with Crippen molar-refractivity contribution in [1.29, 1.82) is 0 Å². The molecule has 1 amide bonds. The van der Waals surface area contributed by atoms with E-state index in [4.69, 9.17) is 9.84 Å². The van der Waals surface area contributed by atoms with Gasteiger partial charge >= 0.3 is 0 Å². The number of hydrogen-bond donors (Lipinski definition) is 1. The topological polar surface area (TPSA) is 49.8 Å². The number of amides is 1. The highest BCUT2D eigenvalue weighted by atomic mass is 16.5. The van der Waals surface area contributed by atoms with Gasteiger partial charge in [0.25, 0.3) is 0 Å². The van der Waals surface area contributed by atoms with Crippen LogP contribution in [0.25, 0.3) is 0 Å². The predicted molar refractivity (Wildman–Crippen MR) is 55.4 cm³/mol. The minimum Gasteiger partial charge on any atom is -0.394 e. The molecule has 0 spiro atoms. The first-order valence-corrected chi connectivity index (χ1v) is 5.83. The lowest BCUT2D eigenvalue weighted by molar-refractivity contribution is -0.155. The highest BCUT2D eigenvalue weighted by molar-refractivity contribution is 5.78. The average Bonchev–Trinajstić information content (AvgIpc) is 2.31. The average molecular weight is 213 g/mol. The Morgan fingerprint density at radius 3 is 2.73 bits per heavy atom. The van der Waals surface area contributed by atoms with E-state index < -0.39 is 0 Å². The molecule has 0 bridgehead atoms. The molecular formula is C11H19NO3. The van der Waals surface area contributed by atoms with Gasteiger partial charge in [0.1, 0.15) is 6.61 Å². The van der Waals surface area contributed by atoms with Gasteiger partial charge in [0.15, 0.2) is 0 Å². The highest BCUT2D eigenvalue weighted by Gasteiger charge is 2.31. The number of nitrogens with zero attached hydrogens (tertiary/aromatic N) is 1. The van der Waals surface area contributed by atoms with Gasteiger partial charge in [0, 0.05) is 12.6 Å². The van der Waals surface area contributed by atoms with Crippen LogP contribution < -0.4 is 0 Å². The van der Waals surface area contributed by atoms with E-state index in [1.165, 1.54) is 19.3 Å². The monoisotopic (exact) mass is 213 g/mol. The molecule has 1 aliphatic heterocycles. The van der Waals surface area contributed by atoms with E-state index in [-0.39, 0.29) is 25.2 Å². The third kappa shape index (κ3) is 2.49. The normalized spacial score (nSPS) is 29.5. The van der Waals surface area contributed by atoms with Gasteiger partial charge < -0.3 is 14.7 Å². The SMILES string of the molecule is O=C1COC(CO)CN1C1CCCCC1. The molecule has 4 heteroatoms. The molecule has 0 aromatic rings. The second-order valence-corrected chi connectivity index (χ2v) is 4.45. The van der Waals surface area contributed by atoms with Crippen LogP contribution in [0.15, 0.2) is 0 Å². The molecule has 2 rings (SSSR count). The smallest absolute Gasteiger partial charge is 0.248 e. The molecular weight excluding hydrogens is 194 g/mol. The maximum atomic E-state index is 11.7. The zero-order valence-electron chi connectivity index (χ0n) is 9.02. The van der Waals surface area contributed by atoms with Crippen molar-refractivity contribution in [3.05, 3.63) is 0 Å². The van der Waals surface area contributed by atoms with E-state index in [0.717, 1.165) is 12.8 Å². The zero-order valence-corrected chi connectivity index (χ0v) is 9.02. The van der Waals surface area contributed by atoms with Crippen molar-refractivity contribution in [3.63, 3.8) is 0 Å². The second kappa shape index (κ2) is 4.94. The van der Waals surface area contributed by atoms with E-state index in [0.29, 0.717) is 12.6 Å². The number of carbonyl (C=O) groups excluding carboxylic acids is 1. The van der Waals surface area contributed by atoms with Crippen LogP contribution in [-0.4, -0.2) is 47.8 Å². The van der Waals surface area contributed by atoms with Crippen LogP contribution >= 0.6 is 0 Å². The number of morpholine rings is 1. The van der Waals surface area contributed by atoms with Crippen LogP contribution in [0.2, 0.25) is 0 Å². The first kappa shape index (κ1) is 10.9. The molecule has 15 heavy (non-hydrogen) atoms. The molecule has 2 fully saturated rings. The lowest BCUT2D eigenvalue weighted by Crippen LogP contribution is -2.52. The molecule has 1 heterocycles. The molecule has 0 radical (unpaired) electrons. The summed E-state index contributed by atoms with van der Waals surface area (Å²) in [5.74, 6) is 0.0894. The summed E-state index contributed by atoms with van der Waals surface area (Å²) in [6, 6.07) is 0.393. The summed E-state index contributed by atoms with van der Waals surface area (Å²) < 4.78 is 5.22. The Labute approximate surface area is 90.2 Å². The summed E-state index contributed by atoms with van der Waals surface area (Å²) in [5, 5.41) is 9.03. The quantitative estimate of drug-likeness (QED) is 0.728. The third-order valence-corrected chi connectivity index (χ3v) is 3.38. The van der Waals surface area contributed by atoms with Gasteiger partial charge in [-0.05, 0) is 12.8 Å². The van der Waals surface area contributed by atoms with Gasteiger partial charge in [-0.2, -0.15) is 0 Å².